The highest BCUT2D eigenvalue weighted by Gasteiger charge is 2.37. The maximum absolute atomic E-state index is 2.80. The fourth-order valence-corrected chi connectivity index (χ4v) is 3.57. The molecular formula is C15H30N2. The molecule has 0 N–H and O–H groups in total. The lowest BCUT2D eigenvalue weighted by atomic mass is 9.90. The van der Waals surface area contributed by atoms with Gasteiger partial charge in [-0.15, -0.1) is 0 Å². The van der Waals surface area contributed by atoms with Crippen LogP contribution in [0.25, 0.3) is 0 Å². The minimum atomic E-state index is 0.756. The van der Waals surface area contributed by atoms with E-state index in [1.807, 2.05) is 0 Å². The molecule has 100 valence electrons. The zero-order chi connectivity index (χ0) is 12.4. The first-order valence-corrected chi connectivity index (χ1v) is 7.63. The van der Waals surface area contributed by atoms with E-state index < -0.39 is 0 Å². The molecule has 17 heavy (non-hydrogen) atoms. The smallest absolute Gasteiger partial charge is 0.0249 e. The highest BCUT2D eigenvalue weighted by molar-refractivity contribution is 4.93. The fourth-order valence-electron chi connectivity index (χ4n) is 3.57. The number of piperazine rings is 1. The average molecular weight is 238 g/mol. The lowest BCUT2D eigenvalue weighted by Crippen LogP contribution is -2.62. The van der Waals surface area contributed by atoms with Crippen LogP contribution < -0.4 is 0 Å². The average Bonchev–Trinajstić information content (AvgIpc) is 2.36. The molecule has 2 saturated heterocycles. The van der Waals surface area contributed by atoms with E-state index in [9.17, 15) is 0 Å². The lowest BCUT2D eigenvalue weighted by molar-refractivity contribution is -0.0270. The van der Waals surface area contributed by atoms with E-state index in [2.05, 4.69) is 37.5 Å². The second kappa shape index (κ2) is 5.71. The van der Waals surface area contributed by atoms with Crippen molar-refractivity contribution in [3.05, 3.63) is 0 Å². The zero-order valence-corrected chi connectivity index (χ0v) is 12.2. The summed E-state index contributed by atoms with van der Waals surface area (Å²) in [4.78, 5) is 5.57. The summed E-state index contributed by atoms with van der Waals surface area (Å²) >= 11 is 0. The van der Waals surface area contributed by atoms with Crippen molar-refractivity contribution in [3.8, 4) is 0 Å². The van der Waals surface area contributed by atoms with Crippen molar-refractivity contribution in [1.82, 2.24) is 9.80 Å². The zero-order valence-electron chi connectivity index (χ0n) is 12.2. The van der Waals surface area contributed by atoms with Crippen molar-refractivity contribution in [3.63, 3.8) is 0 Å². The molecule has 2 heterocycles. The summed E-state index contributed by atoms with van der Waals surface area (Å²) in [5, 5.41) is 0. The number of nitrogens with zero attached hydrogens (tertiary/aromatic N) is 2. The van der Waals surface area contributed by atoms with Crippen LogP contribution in [-0.4, -0.2) is 47.6 Å². The van der Waals surface area contributed by atoms with Crippen molar-refractivity contribution < 1.29 is 0 Å². The first-order valence-electron chi connectivity index (χ1n) is 7.63. The summed E-state index contributed by atoms with van der Waals surface area (Å²) in [6.45, 7) is 13.5. The highest BCUT2D eigenvalue weighted by Crippen LogP contribution is 2.28. The molecule has 0 aromatic carbocycles. The van der Waals surface area contributed by atoms with E-state index in [0.29, 0.717) is 0 Å². The molecule has 2 aliphatic heterocycles. The maximum atomic E-state index is 2.80. The monoisotopic (exact) mass is 238 g/mol. The molecule has 0 aliphatic carbocycles. The summed E-state index contributed by atoms with van der Waals surface area (Å²) in [6, 6.07) is 2.39. The Labute approximate surface area is 107 Å². The molecule has 2 nitrogen and oxygen atoms in total. The quantitative estimate of drug-likeness (QED) is 0.746. The SMILES string of the molecule is CCC(C)N1CC2CCCCN2CC1C(C)C. The van der Waals surface area contributed by atoms with Crippen molar-refractivity contribution in [2.75, 3.05) is 19.6 Å². The van der Waals surface area contributed by atoms with Gasteiger partial charge in [0.15, 0.2) is 0 Å². The second-order valence-electron chi connectivity index (χ2n) is 6.41. The first-order chi connectivity index (χ1) is 8.13. The maximum Gasteiger partial charge on any atom is 0.0249 e. The van der Waals surface area contributed by atoms with Crippen LogP contribution in [-0.2, 0) is 0 Å². The molecule has 3 atom stereocenters. The van der Waals surface area contributed by atoms with Crippen molar-refractivity contribution in [2.45, 2.75) is 71.5 Å². The number of hydrogen-bond acceptors (Lipinski definition) is 2. The van der Waals surface area contributed by atoms with Crippen LogP contribution in [0.2, 0.25) is 0 Å². The number of hydrogen-bond donors (Lipinski definition) is 0. The van der Waals surface area contributed by atoms with Gasteiger partial charge in [-0.2, -0.15) is 0 Å². The minimum Gasteiger partial charge on any atom is -0.298 e. The third-order valence-corrected chi connectivity index (χ3v) is 4.94. The normalized spacial score (nSPS) is 33.7. The van der Waals surface area contributed by atoms with E-state index in [1.165, 1.54) is 45.3 Å². The summed E-state index contributed by atoms with van der Waals surface area (Å²) in [7, 11) is 0. The van der Waals surface area contributed by atoms with Crippen LogP contribution in [0.3, 0.4) is 0 Å². The number of fused-ring (bicyclic) bond motifs is 1. The Bertz CT molecular complexity index is 239. The molecule has 2 heteroatoms. The van der Waals surface area contributed by atoms with Gasteiger partial charge in [-0.3, -0.25) is 9.80 Å². The predicted molar refractivity (Wildman–Crippen MR) is 74.3 cm³/mol. The highest BCUT2D eigenvalue weighted by atomic mass is 15.3. The van der Waals surface area contributed by atoms with Gasteiger partial charge in [0.1, 0.15) is 0 Å². The molecule has 0 aromatic rings. The number of rotatable bonds is 3. The third-order valence-electron chi connectivity index (χ3n) is 4.94. The van der Waals surface area contributed by atoms with Gasteiger partial charge in [0, 0.05) is 31.2 Å². The molecular weight excluding hydrogens is 208 g/mol. The van der Waals surface area contributed by atoms with Gasteiger partial charge in [0.2, 0.25) is 0 Å². The topological polar surface area (TPSA) is 6.48 Å². The Kier molecular flexibility index (Phi) is 4.48. The molecule has 0 saturated carbocycles. The Morgan fingerprint density at radius 2 is 1.88 bits per heavy atom. The van der Waals surface area contributed by atoms with Gasteiger partial charge >= 0.3 is 0 Å². The molecule has 0 aromatic heterocycles. The molecule has 0 radical (unpaired) electrons. The summed E-state index contributed by atoms with van der Waals surface area (Å²) in [5.41, 5.74) is 0. The Morgan fingerprint density at radius 1 is 1.12 bits per heavy atom. The predicted octanol–water partition coefficient (Wildman–Crippen LogP) is 2.98. The Morgan fingerprint density at radius 3 is 2.53 bits per heavy atom. The lowest BCUT2D eigenvalue weighted by Gasteiger charge is -2.51. The Hall–Kier alpha value is -0.0800. The van der Waals surface area contributed by atoms with Crippen LogP contribution in [0.4, 0.5) is 0 Å². The second-order valence-corrected chi connectivity index (χ2v) is 6.41. The largest absolute Gasteiger partial charge is 0.298 e. The summed E-state index contributed by atoms with van der Waals surface area (Å²) in [6.07, 6.45) is 5.58. The van der Waals surface area contributed by atoms with Crippen molar-refractivity contribution in [1.29, 1.82) is 0 Å². The van der Waals surface area contributed by atoms with Crippen LogP contribution in [0, 0.1) is 5.92 Å². The van der Waals surface area contributed by atoms with Gasteiger partial charge in [-0.05, 0) is 38.6 Å². The molecule has 2 fully saturated rings. The molecule has 2 aliphatic rings. The van der Waals surface area contributed by atoms with Crippen LogP contribution in [0.15, 0.2) is 0 Å². The molecule has 0 bridgehead atoms. The van der Waals surface area contributed by atoms with E-state index in [0.717, 1.165) is 24.0 Å². The van der Waals surface area contributed by atoms with Crippen LogP contribution in [0.1, 0.15) is 53.4 Å². The van der Waals surface area contributed by atoms with E-state index in [1.54, 1.807) is 0 Å². The van der Waals surface area contributed by atoms with Gasteiger partial charge in [0.05, 0.1) is 0 Å². The standard InChI is InChI=1S/C15H30N2/c1-5-13(4)17-10-14-8-6-7-9-16(14)11-15(17)12(2)3/h12-15H,5-11H2,1-4H3. The van der Waals surface area contributed by atoms with E-state index >= 15 is 0 Å². The van der Waals surface area contributed by atoms with Crippen LogP contribution in [0.5, 0.6) is 0 Å². The first kappa shape index (κ1) is 13.4. The van der Waals surface area contributed by atoms with Gasteiger partial charge in [0.25, 0.3) is 0 Å². The third kappa shape index (κ3) is 2.85. The van der Waals surface area contributed by atoms with Gasteiger partial charge in [-0.1, -0.05) is 27.2 Å². The van der Waals surface area contributed by atoms with Gasteiger partial charge in [-0.25, -0.2) is 0 Å². The molecule has 0 amide bonds. The fraction of sp³-hybridized carbons (Fsp3) is 1.00. The van der Waals surface area contributed by atoms with E-state index in [-0.39, 0.29) is 0 Å². The minimum absolute atomic E-state index is 0.756. The molecule has 2 rings (SSSR count). The Balaban J connectivity index is 2.07. The summed E-state index contributed by atoms with van der Waals surface area (Å²) < 4.78 is 0. The molecule has 0 spiro atoms. The number of piperidine rings is 1. The van der Waals surface area contributed by atoms with Crippen LogP contribution >= 0.6 is 0 Å². The summed E-state index contributed by atoms with van der Waals surface area (Å²) in [5.74, 6) is 0.784. The molecule has 3 unspecified atom stereocenters. The van der Waals surface area contributed by atoms with E-state index in [4.69, 9.17) is 0 Å². The van der Waals surface area contributed by atoms with Crippen molar-refractivity contribution >= 4 is 0 Å². The van der Waals surface area contributed by atoms with Crippen molar-refractivity contribution in [2.24, 2.45) is 5.92 Å². The van der Waals surface area contributed by atoms with Gasteiger partial charge < -0.3 is 0 Å².